The van der Waals surface area contributed by atoms with Crippen LogP contribution in [0.1, 0.15) is 33.6 Å². The van der Waals surface area contributed by atoms with E-state index >= 15 is 0 Å². The predicted octanol–water partition coefficient (Wildman–Crippen LogP) is 1.46. The van der Waals surface area contributed by atoms with Crippen LogP contribution >= 0.6 is 0 Å². The van der Waals surface area contributed by atoms with Gasteiger partial charge in [-0.05, 0) is 19.8 Å². The molecule has 0 aliphatic rings. The predicted molar refractivity (Wildman–Crippen MR) is 60.2 cm³/mol. The minimum absolute atomic E-state index is 0.0655. The van der Waals surface area contributed by atoms with E-state index in [4.69, 9.17) is 0 Å². The zero-order chi connectivity index (χ0) is 11.0. The first kappa shape index (κ1) is 13.2. The monoisotopic (exact) mass is 198 g/mol. The maximum Gasteiger partial charge on any atom is 0.236 e. The lowest BCUT2D eigenvalue weighted by molar-refractivity contribution is -0.122. The molecule has 0 heterocycles. The lowest BCUT2D eigenvalue weighted by Gasteiger charge is -2.14. The minimum atomic E-state index is -0.134. The third-order valence-corrected chi connectivity index (χ3v) is 2.10. The largest absolute Gasteiger partial charge is 0.355 e. The van der Waals surface area contributed by atoms with Crippen LogP contribution in [0.3, 0.4) is 0 Å². The van der Waals surface area contributed by atoms with Crippen molar-refractivity contribution in [2.45, 2.75) is 39.7 Å². The number of amides is 1. The first-order valence-corrected chi connectivity index (χ1v) is 5.29. The molecule has 0 spiro atoms. The number of nitrogens with one attached hydrogen (secondary N) is 2. The molecule has 1 amide bonds. The van der Waals surface area contributed by atoms with E-state index in [-0.39, 0.29) is 11.9 Å². The summed E-state index contributed by atoms with van der Waals surface area (Å²) in [5.41, 5.74) is 1.13. The molecule has 14 heavy (non-hydrogen) atoms. The SMILES string of the molecule is C=C(CC)CNC(C)C(=O)NCCC. The van der Waals surface area contributed by atoms with Crippen LogP contribution in [0, 0.1) is 0 Å². The van der Waals surface area contributed by atoms with Gasteiger partial charge in [-0.2, -0.15) is 0 Å². The molecular weight excluding hydrogens is 176 g/mol. The van der Waals surface area contributed by atoms with Crippen LogP contribution in [0.25, 0.3) is 0 Å². The molecule has 2 N–H and O–H groups in total. The van der Waals surface area contributed by atoms with E-state index in [1.807, 2.05) is 13.8 Å². The van der Waals surface area contributed by atoms with Gasteiger partial charge in [-0.25, -0.2) is 0 Å². The highest BCUT2D eigenvalue weighted by molar-refractivity contribution is 5.81. The van der Waals surface area contributed by atoms with Gasteiger partial charge in [-0.3, -0.25) is 4.79 Å². The first-order chi connectivity index (χ1) is 6.61. The average Bonchev–Trinajstić information content (AvgIpc) is 2.21. The van der Waals surface area contributed by atoms with Crippen molar-refractivity contribution in [1.29, 1.82) is 0 Å². The number of hydrogen-bond donors (Lipinski definition) is 2. The number of rotatable bonds is 7. The smallest absolute Gasteiger partial charge is 0.236 e. The van der Waals surface area contributed by atoms with E-state index in [0.29, 0.717) is 0 Å². The number of carbonyl (C=O) groups is 1. The van der Waals surface area contributed by atoms with Crippen LogP contribution in [-0.2, 0) is 4.79 Å². The molecule has 0 aliphatic heterocycles. The first-order valence-electron chi connectivity index (χ1n) is 5.29. The average molecular weight is 198 g/mol. The van der Waals surface area contributed by atoms with Crippen LogP contribution in [0.4, 0.5) is 0 Å². The molecule has 1 atom stereocenters. The van der Waals surface area contributed by atoms with Crippen LogP contribution in [0.2, 0.25) is 0 Å². The van der Waals surface area contributed by atoms with Gasteiger partial charge in [0.15, 0.2) is 0 Å². The molecule has 0 fully saturated rings. The van der Waals surface area contributed by atoms with E-state index in [2.05, 4.69) is 24.1 Å². The van der Waals surface area contributed by atoms with Crippen LogP contribution < -0.4 is 10.6 Å². The van der Waals surface area contributed by atoms with Crippen LogP contribution in [0.15, 0.2) is 12.2 Å². The summed E-state index contributed by atoms with van der Waals surface area (Å²) in [5.74, 6) is 0.0655. The van der Waals surface area contributed by atoms with Crippen molar-refractivity contribution in [3.63, 3.8) is 0 Å². The third kappa shape index (κ3) is 5.75. The van der Waals surface area contributed by atoms with Crippen molar-refractivity contribution in [2.24, 2.45) is 0 Å². The number of carbonyl (C=O) groups excluding carboxylic acids is 1. The summed E-state index contributed by atoms with van der Waals surface area (Å²) >= 11 is 0. The summed E-state index contributed by atoms with van der Waals surface area (Å²) < 4.78 is 0. The molecule has 0 rings (SSSR count). The summed E-state index contributed by atoms with van der Waals surface area (Å²) in [7, 11) is 0. The van der Waals surface area contributed by atoms with Gasteiger partial charge < -0.3 is 10.6 Å². The highest BCUT2D eigenvalue weighted by Crippen LogP contribution is 1.94. The van der Waals surface area contributed by atoms with E-state index < -0.39 is 0 Å². The molecule has 0 bridgehead atoms. The Labute approximate surface area is 87.0 Å². The van der Waals surface area contributed by atoms with E-state index in [1.54, 1.807) is 0 Å². The minimum Gasteiger partial charge on any atom is -0.355 e. The van der Waals surface area contributed by atoms with Crippen molar-refractivity contribution < 1.29 is 4.79 Å². The van der Waals surface area contributed by atoms with Crippen molar-refractivity contribution in [2.75, 3.05) is 13.1 Å². The van der Waals surface area contributed by atoms with Gasteiger partial charge in [0.2, 0.25) is 5.91 Å². The lowest BCUT2D eigenvalue weighted by atomic mass is 10.2. The Balaban J connectivity index is 3.66. The molecule has 3 nitrogen and oxygen atoms in total. The maximum atomic E-state index is 11.4. The van der Waals surface area contributed by atoms with E-state index in [9.17, 15) is 4.79 Å². The summed E-state index contributed by atoms with van der Waals surface area (Å²) in [6.07, 6.45) is 1.93. The lowest BCUT2D eigenvalue weighted by Crippen LogP contribution is -2.42. The Hall–Kier alpha value is -0.830. The summed E-state index contributed by atoms with van der Waals surface area (Å²) in [6, 6.07) is -0.134. The number of hydrogen-bond acceptors (Lipinski definition) is 2. The van der Waals surface area contributed by atoms with Crippen molar-refractivity contribution in [3.05, 3.63) is 12.2 Å². The second kappa shape index (κ2) is 7.56. The molecule has 0 aliphatic carbocycles. The quantitative estimate of drug-likeness (QED) is 0.608. The Kier molecular flexibility index (Phi) is 7.11. The van der Waals surface area contributed by atoms with Gasteiger partial charge in [-0.15, -0.1) is 0 Å². The molecular formula is C11H22N2O. The van der Waals surface area contributed by atoms with E-state index in [0.717, 1.165) is 31.5 Å². The highest BCUT2D eigenvalue weighted by atomic mass is 16.2. The Morgan fingerprint density at radius 3 is 2.57 bits per heavy atom. The third-order valence-electron chi connectivity index (χ3n) is 2.10. The van der Waals surface area contributed by atoms with Gasteiger partial charge in [0.1, 0.15) is 0 Å². The fourth-order valence-corrected chi connectivity index (χ4v) is 0.916. The second-order valence-corrected chi connectivity index (χ2v) is 3.50. The molecule has 0 saturated heterocycles. The zero-order valence-corrected chi connectivity index (χ0v) is 9.52. The van der Waals surface area contributed by atoms with Crippen molar-refractivity contribution in [3.8, 4) is 0 Å². The molecule has 1 unspecified atom stereocenters. The fourth-order valence-electron chi connectivity index (χ4n) is 0.916. The summed E-state index contributed by atoms with van der Waals surface area (Å²) in [4.78, 5) is 11.4. The zero-order valence-electron chi connectivity index (χ0n) is 9.52. The summed E-state index contributed by atoms with van der Waals surface area (Å²) in [5, 5.41) is 5.97. The molecule has 0 aromatic carbocycles. The van der Waals surface area contributed by atoms with Gasteiger partial charge in [-0.1, -0.05) is 26.0 Å². The second-order valence-electron chi connectivity index (χ2n) is 3.50. The Morgan fingerprint density at radius 1 is 1.43 bits per heavy atom. The Bertz CT molecular complexity index is 190. The maximum absolute atomic E-state index is 11.4. The van der Waals surface area contributed by atoms with Crippen molar-refractivity contribution in [1.82, 2.24) is 10.6 Å². The fraction of sp³-hybridized carbons (Fsp3) is 0.727. The molecule has 0 aromatic heterocycles. The van der Waals surface area contributed by atoms with Crippen LogP contribution in [0.5, 0.6) is 0 Å². The molecule has 3 heteroatoms. The van der Waals surface area contributed by atoms with E-state index in [1.165, 1.54) is 0 Å². The standard InChI is InChI=1S/C11H22N2O/c1-5-7-12-11(14)10(4)13-8-9(3)6-2/h10,13H,3,5-8H2,1-2,4H3,(H,12,14). The van der Waals surface area contributed by atoms with Gasteiger partial charge in [0.05, 0.1) is 6.04 Å². The highest BCUT2D eigenvalue weighted by Gasteiger charge is 2.10. The molecule has 0 aromatic rings. The molecule has 0 saturated carbocycles. The molecule has 0 radical (unpaired) electrons. The van der Waals surface area contributed by atoms with Crippen molar-refractivity contribution >= 4 is 5.91 Å². The van der Waals surface area contributed by atoms with Gasteiger partial charge >= 0.3 is 0 Å². The van der Waals surface area contributed by atoms with Crippen LogP contribution in [-0.4, -0.2) is 25.0 Å². The Morgan fingerprint density at radius 2 is 2.07 bits per heavy atom. The topological polar surface area (TPSA) is 41.1 Å². The summed E-state index contributed by atoms with van der Waals surface area (Å²) in [6.45, 7) is 11.3. The van der Waals surface area contributed by atoms with Gasteiger partial charge in [0.25, 0.3) is 0 Å². The van der Waals surface area contributed by atoms with Gasteiger partial charge in [0, 0.05) is 13.1 Å². The molecule has 82 valence electrons. The normalized spacial score (nSPS) is 12.2.